The first-order valence-electron chi connectivity index (χ1n) is 10.2. The lowest BCUT2D eigenvalue weighted by molar-refractivity contribution is -0.121. The van der Waals surface area contributed by atoms with E-state index in [-0.39, 0.29) is 11.9 Å². The molecule has 5 nitrogen and oxygen atoms in total. The minimum Gasteiger partial charge on any atom is -0.352 e. The number of nitrogens with zero attached hydrogens (tertiary/aromatic N) is 3. The molecule has 2 atom stereocenters. The lowest BCUT2D eigenvalue weighted by Gasteiger charge is -2.32. The summed E-state index contributed by atoms with van der Waals surface area (Å²) in [7, 11) is 0. The topological polar surface area (TPSA) is 50.2 Å². The zero-order valence-corrected chi connectivity index (χ0v) is 18.1. The van der Waals surface area contributed by atoms with Gasteiger partial charge in [0, 0.05) is 35.4 Å². The molecular weight excluding hydrogens is 372 g/mol. The van der Waals surface area contributed by atoms with Crippen LogP contribution in [-0.2, 0) is 11.2 Å². The average molecular weight is 403 g/mol. The van der Waals surface area contributed by atoms with Crippen LogP contribution in [0.4, 0.5) is 0 Å². The Morgan fingerprint density at radius 3 is 2.71 bits per heavy atom. The first-order chi connectivity index (χ1) is 13.3. The summed E-state index contributed by atoms with van der Waals surface area (Å²) >= 11 is 5.98. The number of nitrogens with one attached hydrogen (secondary N) is 1. The zero-order valence-electron chi connectivity index (χ0n) is 17.3. The first-order valence-corrected chi connectivity index (χ1v) is 10.5. The van der Waals surface area contributed by atoms with Crippen molar-refractivity contribution in [3.8, 4) is 5.69 Å². The summed E-state index contributed by atoms with van der Waals surface area (Å²) < 4.78 is 1.88. The van der Waals surface area contributed by atoms with Gasteiger partial charge in [-0.05, 0) is 70.3 Å². The molecule has 1 aliphatic rings. The van der Waals surface area contributed by atoms with Crippen LogP contribution in [0.1, 0.15) is 43.6 Å². The summed E-state index contributed by atoms with van der Waals surface area (Å²) in [5, 5.41) is 8.49. The van der Waals surface area contributed by atoms with Crippen molar-refractivity contribution in [1.29, 1.82) is 0 Å². The van der Waals surface area contributed by atoms with Crippen LogP contribution in [-0.4, -0.2) is 46.3 Å². The molecular formula is C22H31ClN4O. The summed E-state index contributed by atoms with van der Waals surface area (Å²) in [6.07, 6.45) is 2.92. The zero-order chi connectivity index (χ0) is 20.3. The normalized spacial score (nSPS) is 18.8. The molecule has 0 saturated carbocycles. The van der Waals surface area contributed by atoms with E-state index >= 15 is 0 Å². The van der Waals surface area contributed by atoms with Gasteiger partial charge < -0.3 is 10.2 Å². The quantitative estimate of drug-likeness (QED) is 0.796. The Kier molecular flexibility index (Phi) is 6.78. The first kappa shape index (κ1) is 20.9. The minimum atomic E-state index is 0.0550. The molecule has 1 amide bonds. The van der Waals surface area contributed by atoms with Crippen molar-refractivity contribution in [3.63, 3.8) is 0 Å². The van der Waals surface area contributed by atoms with Crippen LogP contribution in [0.25, 0.3) is 5.69 Å². The fourth-order valence-corrected chi connectivity index (χ4v) is 4.26. The molecule has 2 aromatic rings. The number of hydrogen-bond donors (Lipinski definition) is 1. The highest BCUT2D eigenvalue weighted by molar-refractivity contribution is 6.30. The summed E-state index contributed by atoms with van der Waals surface area (Å²) in [6, 6.07) is 7.72. The second-order valence-electron chi connectivity index (χ2n) is 8.19. The van der Waals surface area contributed by atoms with Crippen LogP contribution >= 0.6 is 11.6 Å². The monoisotopic (exact) mass is 402 g/mol. The molecule has 2 unspecified atom stereocenters. The van der Waals surface area contributed by atoms with Crippen molar-refractivity contribution < 1.29 is 4.79 Å². The molecule has 3 rings (SSSR count). The molecule has 1 aliphatic heterocycles. The molecule has 1 fully saturated rings. The Hall–Kier alpha value is -1.85. The lowest BCUT2D eigenvalue weighted by atomic mass is 10.00. The predicted octanol–water partition coefficient (Wildman–Crippen LogP) is 3.92. The van der Waals surface area contributed by atoms with Crippen LogP contribution in [0, 0.1) is 19.8 Å². The van der Waals surface area contributed by atoms with Crippen molar-refractivity contribution in [3.05, 3.63) is 46.2 Å². The van der Waals surface area contributed by atoms with Crippen molar-refractivity contribution in [2.75, 3.05) is 19.6 Å². The third kappa shape index (κ3) is 5.15. The number of piperidine rings is 1. The molecule has 0 bridgehead atoms. The van der Waals surface area contributed by atoms with E-state index in [1.54, 1.807) is 0 Å². The number of carbonyl (C=O) groups excluding carboxylic acids is 1. The summed E-state index contributed by atoms with van der Waals surface area (Å²) in [5.41, 5.74) is 3.82. The molecule has 6 heteroatoms. The van der Waals surface area contributed by atoms with E-state index in [0.717, 1.165) is 48.2 Å². The van der Waals surface area contributed by atoms with E-state index in [4.69, 9.17) is 11.6 Å². The van der Waals surface area contributed by atoms with E-state index in [1.807, 2.05) is 42.8 Å². The van der Waals surface area contributed by atoms with Gasteiger partial charge in [-0.25, -0.2) is 4.68 Å². The van der Waals surface area contributed by atoms with E-state index in [0.29, 0.717) is 11.4 Å². The van der Waals surface area contributed by atoms with Crippen LogP contribution in [0.2, 0.25) is 5.02 Å². The second-order valence-corrected chi connectivity index (χ2v) is 8.63. The third-order valence-corrected chi connectivity index (χ3v) is 5.78. The van der Waals surface area contributed by atoms with Gasteiger partial charge in [0.25, 0.3) is 0 Å². The van der Waals surface area contributed by atoms with Crippen LogP contribution in [0.5, 0.6) is 0 Å². The Morgan fingerprint density at radius 1 is 1.32 bits per heavy atom. The molecule has 0 radical (unpaired) electrons. The highest BCUT2D eigenvalue weighted by atomic mass is 35.5. The number of likely N-dealkylation sites (tertiary alicyclic amines) is 1. The van der Waals surface area contributed by atoms with Crippen molar-refractivity contribution in [2.45, 2.75) is 53.0 Å². The fourth-order valence-electron chi connectivity index (χ4n) is 4.14. The molecule has 1 aromatic heterocycles. The number of amides is 1. The molecule has 1 aromatic carbocycles. The number of rotatable bonds is 6. The molecule has 0 spiro atoms. The maximum absolute atomic E-state index is 12.6. The fraction of sp³-hybridized carbons (Fsp3) is 0.545. The Balaban J connectivity index is 1.61. The number of aromatic nitrogens is 2. The lowest BCUT2D eigenvalue weighted by Crippen LogP contribution is -2.45. The SMILES string of the molecule is Cc1nn(-c2ccc(Cl)cc2)c(C)c1CC(=O)NC(C)CN1CCCC(C)C1. The van der Waals surface area contributed by atoms with Gasteiger partial charge >= 0.3 is 0 Å². The molecule has 0 aliphatic carbocycles. The smallest absolute Gasteiger partial charge is 0.224 e. The molecule has 152 valence electrons. The number of hydrogen-bond acceptors (Lipinski definition) is 3. The van der Waals surface area contributed by atoms with Crippen LogP contribution in [0.15, 0.2) is 24.3 Å². The highest BCUT2D eigenvalue weighted by Crippen LogP contribution is 2.20. The summed E-state index contributed by atoms with van der Waals surface area (Å²) in [6.45, 7) is 11.5. The van der Waals surface area contributed by atoms with E-state index in [9.17, 15) is 4.79 Å². The number of aryl methyl sites for hydroxylation is 1. The van der Waals surface area contributed by atoms with Crippen LogP contribution < -0.4 is 5.32 Å². The molecule has 2 heterocycles. The van der Waals surface area contributed by atoms with E-state index in [2.05, 4.69) is 29.2 Å². The Labute approximate surface area is 173 Å². The van der Waals surface area contributed by atoms with E-state index in [1.165, 1.54) is 12.8 Å². The van der Waals surface area contributed by atoms with Gasteiger partial charge in [0.1, 0.15) is 0 Å². The molecule has 1 N–H and O–H groups in total. The summed E-state index contributed by atoms with van der Waals surface area (Å²) in [4.78, 5) is 15.1. The summed E-state index contributed by atoms with van der Waals surface area (Å²) in [5.74, 6) is 0.806. The van der Waals surface area contributed by atoms with Gasteiger partial charge in [-0.1, -0.05) is 18.5 Å². The molecule has 28 heavy (non-hydrogen) atoms. The largest absolute Gasteiger partial charge is 0.352 e. The standard InChI is InChI=1S/C22H31ClN4O/c1-15-6-5-11-26(13-15)14-16(2)24-22(28)12-21-17(3)25-27(18(21)4)20-9-7-19(23)8-10-20/h7-10,15-16H,5-6,11-14H2,1-4H3,(H,24,28). The highest BCUT2D eigenvalue weighted by Gasteiger charge is 2.20. The van der Waals surface area contributed by atoms with Crippen molar-refractivity contribution in [1.82, 2.24) is 20.0 Å². The van der Waals surface area contributed by atoms with Gasteiger partial charge in [-0.15, -0.1) is 0 Å². The number of halogens is 1. The number of carbonyl (C=O) groups is 1. The Morgan fingerprint density at radius 2 is 2.04 bits per heavy atom. The minimum absolute atomic E-state index is 0.0550. The van der Waals surface area contributed by atoms with Crippen LogP contribution in [0.3, 0.4) is 0 Å². The van der Waals surface area contributed by atoms with Gasteiger partial charge in [-0.3, -0.25) is 4.79 Å². The maximum Gasteiger partial charge on any atom is 0.224 e. The van der Waals surface area contributed by atoms with Gasteiger partial charge in [0.15, 0.2) is 0 Å². The van der Waals surface area contributed by atoms with Gasteiger partial charge in [0.05, 0.1) is 17.8 Å². The predicted molar refractivity (Wildman–Crippen MR) is 114 cm³/mol. The third-order valence-electron chi connectivity index (χ3n) is 5.53. The van der Waals surface area contributed by atoms with E-state index < -0.39 is 0 Å². The number of benzene rings is 1. The van der Waals surface area contributed by atoms with Crippen molar-refractivity contribution in [2.24, 2.45) is 5.92 Å². The second kappa shape index (κ2) is 9.10. The maximum atomic E-state index is 12.6. The Bertz CT molecular complexity index is 815. The van der Waals surface area contributed by atoms with Gasteiger partial charge in [0.2, 0.25) is 5.91 Å². The molecule has 1 saturated heterocycles. The van der Waals surface area contributed by atoms with Crippen molar-refractivity contribution >= 4 is 17.5 Å². The van der Waals surface area contributed by atoms with Gasteiger partial charge in [-0.2, -0.15) is 5.10 Å². The average Bonchev–Trinajstić information content (AvgIpc) is 2.90.